The highest BCUT2D eigenvalue weighted by Crippen LogP contribution is 2.17. The summed E-state index contributed by atoms with van der Waals surface area (Å²) in [4.78, 5) is 3.64. The maximum atomic E-state index is 13.0. The standard InChI is InChI=1S/C10H12FNO2/c11-9-6-12-4-3-10(9)14-7-8-2-1-5-13-8/h3-4,6,8H,1-2,5,7H2. The Kier molecular flexibility index (Phi) is 2.93. The van der Waals surface area contributed by atoms with E-state index in [1.165, 1.54) is 12.3 Å². The summed E-state index contributed by atoms with van der Waals surface area (Å²) >= 11 is 0. The van der Waals surface area contributed by atoms with Gasteiger partial charge in [-0.3, -0.25) is 4.98 Å². The molecule has 3 nitrogen and oxygen atoms in total. The quantitative estimate of drug-likeness (QED) is 0.740. The molecule has 1 atom stereocenters. The Bertz CT molecular complexity index is 300. The average Bonchev–Trinajstić information content (AvgIpc) is 2.69. The van der Waals surface area contributed by atoms with Gasteiger partial charge in [0.2, 0.25) is 0 Å². The molecule has 0 amide bonds. The molecule has 0 spiro atoms. The number of rotatable bonds is 3. The topological polar surface area (TPSA) is 31.4 Å². The van der Waals surface area contributed by atoms with Crippen LogP contribution in [0.15, 0.2) is 18.5 Å². The summed E-state index contributed by atoms with van der Waals surface area (Å²) in [5.74, 6) is -0.180. The van der Waals surface area contributed by atoms with E-state index < -0.39 is 5.82 Å². The highest BCUT2D eigenvalue weighted by Gasteiger charge is 2.16. The molecule has 1 saturated heterocycles. The predicted octanol–water partition coefficient (Wildman–Crippen LogP) is 1.78. The van der Waals surface area contributed by atoms with Gasteiger partial charge in [-0.05, 0) is 12.8 Å². The summed E-state index contributed by atoms with van der Waals surface area (Å²) in [6.45, 7) is 1.20. The first-order valence-electron chi connectivity index (χ1n) is 4.70. The van der Waals surface area contributed by atoms with Gasteiger partial charge < -0.3 is 9.47 Å². The maximum Gasteiger partial charge on any atom is 0.183 e. The molecule has 0 radical (unpaired) electrons. The second-order valence-electron chi connectivity index (χ2n) is 3.25. The van der Waals surface area contributed by atoms with E-state index in [4.69, 9.17) is 9.47 Å². The van der Waals surface area contributed by atoms with Crippen LogP contribution < -0.4 is 4.74 Å². The van der Waals surface area contributed by atoms with Gasteiger partial charge in [0.05, 0.1) is 12.3 Å². The van der Waals surface area contributed by atoms with E-state index in [2.05, 4.69) is 4.98 Å². The van der Waals surface area contributed by atoms with Gasteiger partial charge in [0.15, 0.2) is 11.6 Å². The number of nitrogens with zero attached hydrogens (tertiary/aromatic N) is 1. The Hall–Kier alpha value is -1.16. The highest BCUT2D eigenvalue weighted by molar-refractivity contribution is 5.19. The lowest BCUT2D eigenvalue weighted by Crippen LogP contribution is -2.16. The largest absolute Gasteiger partial charge is 0.488 e. The zero-order valence-corrected chi connectivity index (χ0v) is 7.78. The molecule has 1 aliphatic rings. The fraction of sp³-hybridized carbons (Fsp3) is 0.500. The minimum atomic E-state index is -0.425. The second kappa shape index (κ2) is 4.37. The molecule has 1 unspecified atom stereocenters. The first-order chi connectivity index (χ1) is 6.86. The van der Waals surface area contributed by atoms with Crippen LogP contribution in [0.3, 0.4) is 0 Å². The molecule has 1 aromatic rings. The maximum absolute atomic E-state index is 13.0. The third-order valence-corrected chi connectivity index (χ3v) is 2.18. The van der Waals surface area contributed by atoms with Crippen LogP contribution >= 0.6 is 0 Å². The minimum Gasteiger partial charge on any atom is -0.488 e. The van der Waals surface area contributed by atoms with E-state index >= 15 is 0 Å². The van der Waals surface area contributed by atoms with Crippen molar-refractivity contribution in [2.24, 2.45) is 0 Å². The van der Waals surface area contributed by atoms with Gasteiger partial charge in [-0.15, -0.1) is 0 Å². The Morgan fingerprint density at radius 1 is 1.64 bits per heavy atom. The van der Waals surface area contributed by atoms with Crippen molar-refractivity contribution in [2.75, 3.05) is 13.2 Å². The molecular weight excluding hydrogens is 185 g/mol. The van der Waals surface area contributed by atoms with Gasteiger partial charge in [-0.25, -0.2) is 4.39 Å². The number of hydrogen-bond donors (Lipinski definition) is 0. The molecule has 1 aromatic heterocycles. The van der Waals surface area contributed by atoms with Crippen LogP contribution in [-0.2, 0) is 4.74 Å². The summed E-state index contributed by atoms with van der Waals surface area (Å²) in [5.41, 5.74) is 0. The van der Waals surface area contributed by atoms with Gasteiger partial charge in [-0.2, -0.15) is 0 Å². The number of ether oxygens (including phenoxy) is 2. The van der Waals surface area contributed by atoms with Gasteiger partial charge in [-0.1, -0.05) is 0 Å². The Labute approximate surface area is 81.9 Å². The molecule has 0 bridgehead atoms. The molecule has 1 aliphatic heterocycles. The molecule has 4 heteroatoms. The molecule has 14 heavy (non-hydrogen) atoms. The van der Waals surface area contributed by atoms with Gasteiger partial charge in [0, 0.05) is 18.9 Å². The van der Waals surface area contributed by atoms with E-state index in [-0.39, 0.29) is 11.9 Å². The summed E-state index contributed by atoms with van der Waals surface area (Å²) < 4.78 is 23.7. The van der Waals surface area contributed by atoms with E-state index in [0.717, 1.165) is 25.6 Å². The average molecular weight is 197 g/mol. The van der Waals surface area contributed by atoms with E-state index in [1.807, 2.05) is 0 Å². The normalized spacial score (nSPS) is 21.1. The summed E-state index contributed by atoms with van der Waals surface area (Å²) in [5, 5.41) is 0. The zero-order chi connectivity index (χ0) is 9.80. The van der Waals surface area contributed by atoms with Crippen molar-refractivity contribution in [1.29, 1.82) is 0 Å². The lowest BCUT2D eigenvalue weighted by atomic mass is 10.2. The Morgan fingerprint density at radius 2 is 2.57 bits per heavy atom. The van der Waals surface area contributed by atoms with E-state index in [0.29, 0.717) is 6.61 Å². The first-order valence-corrected chi connectivity index (χ1v) is 4.70. The Morgan fingerprint density at radius 3 is 3.29 bits per heavy atom. The van der Waals surface area contributed by atoms with Crippen molar-refractivity contribution in [3.05, 3.63) is 24.3 Å². The molecule has 0 aromatic carbocycles. The molecular formula is C10H12FNO2. The number of halogens is 1. The van der Waals surface area contributed by atoms with Crippen LogP contribution in [0.4, 0.5) is 4.39 Å². The summed E-state index contributed by atoms with van der Waals surface area (Å²) in [6, 6.07) is 1.52. The van der Waals surface area contributed by atoms with Crippen molar-refractivity contribution in [3.8, 4) is 5.75 Å². The van der Waals surface area contributed by atoms with Crippen molar-refractivity contribution < 1.29 is 13.9 Å². The smallest absolute Gasteiger partial charge is 0.183 e. The van der Waals surface area contributed by atoms with Gasteiger partial charge in [0.25, 0.3) is 0 Å². The minimum absolute atomic E-state index is 0.113. The molecule has 2 rings (SSSR count). The monoisotopic (exact) mass is 197 g/mol. The fourth-order valence-corrected chi connectivity index (χ4v) is 1.44. The number of hydrogen-bond acceptors (Lipinski definition) is 3. The molecule has 1 fully saturated rings. The second-order valence-corrected chi connectivity index (χ2v) is 3.25. The summed E-state index contributed by atoms with van der Waals surface area (Å²) in [7, 11) is 0. The predicted molar refractivity (Wildman–Crippen MR) is 48.7 cm³/mol. The van der Waals surface area contributed by atoms with Crippen LogP contribution in [-0.4, -0.2) is 24.3 Å². The van der Waals surface area contributed by atoms with Crippen LogP contribution in [0.2, 0.25) is 0 Å². The molecule has 0 aliphatic carbocycles. The zero-order valence-electron chi connectivity index (χ0n) is 7.78. The molecule has 0 saturated carbocycles. The van der Waals surface area contributed by atoms with Crippen LogP contribution in [0.5, 0.6) is 5.75 Å². The fourth-order valence-electron chi connectivity index (χ4n) is 1.44. The number of aromatic nitrogens is 1. The van der Waals surface area contributed by atoms with E-state index in [9.17, 15) is 4.39 Å². The molecule has 76 valence electrons. The number of pyridine rings is 1. The van der Waals surface area contributed by atoms with Crippen LogP contribution in [0, 0.1) is 5.82 Å². The van der Waals surface area contributed by atoms with Crippen molar-refractivity contribution in [3.63, 3.8) is 0 Å². The van der Waals surface area contributed by atoms with Crippen LogP contribution in [0.1, 0.15) is 12.8 Å². The van der Waals surface area contributed by atoms with Crippen molar-refractivity contribution >= 4 is 0 Å². The molecule has 2 heterocycles. The van der Waals surface area contributed by atoms with Crippen molar-refractivity contribution in [2.45, 2.75) is 18.9 Å². The van der Waals surface area contributed by atoms with Crippen molar-refractivity contribution in [1.82, 2.24) is 4.98 Å². The van der Waals surface area contributed by atoms with Gasteiger partial charge in [0.1, 0.15) is 6.61 Å². The third kappa shape index (κ3) is 2.20. The van der Waals surface area contributed by atoms with Gasteiger partial charge >= 0.3 is 0 Å². The SMILES string of the molecule is Fc1cnccc1OCC1CCCO1. The lowest BCUT2D eigenvalue weighted by Gasteiger charge is -2.11. The molecule has 0 N–H and O–H groups in total. The first kappa shape index (κ1) is 9.40. The van der Waals surface area contributed by atoms with Crippen LogP contribution in [0.25, 0.3) is 0 Å². The third-order valence-electron chi connectivity index (χ3n) is 2.18. The lowest BCUT2D eigenvalue weighted by molar-refractivity contribution is 0.0665. The Balaban J connectivity index is 1.88. The highest BCUT2D eigenvalue weighted by atomic mass is 19.1. The van der Waals surface area contributed by atoms with E-state index in [1.54, 1.807) is 0 Å². The summed E-state index contributed by atoms with van der Waals surface area (Å²) in [6.07, 6.45) is 4.82.